The second-order valence-corrected chi connectivity index (χ2v) is 9.07. The van der Waals surface area contributed by atoms with Crippen LogP contribution in [0.3, 0.4) is 0 Å². The standard InChI is InChI=1S/C23H27N5O5/c1-14(2)16-9-8-15(3)10-20(16)33-21(29)12-26-13-24-22-17(23(26)30)11-25-27(22)18-6-4-5-7-19(18)28(31)32/h4-7,11,13-16,20H,8-10,12H2,1-3H3. The van der Waals surface area contributed by atoms with E-state index in [0.717, 1.165) is 19.3 Å². The van der Waals surface area contributed by atoms with Crippen molar-refractivity contribution in [1.82, 2.24) is 19.3 Å². The third-order valence-electron chi connectivity index (χ3n) is 6.40. The van der Waals surface area contributed by atoms with Crippen molar-refractivity contribution in [2.45, 2.75) is 52.7 Å². The first-order chi connectivity index (χ1) is 15.8. The summed E-state index contributed by atoms with van der Waals surface area (Å²) in [4.78, 5) is 40.8. The highest BCUT2D eigenvalue weighted by atomic mass is 16.6. The van der Waals surface area contributed by atoms with Crippen molar-refractivity contribution in [2.24, 2.45) is 17.8 Å². The van der Waals surface area contributed by atoms with E-state index in [1.54, 1.807) is 12.1 Å². The van der Waals surface area contributed by atoms with E-state index in [4.69, 9.17) is 4.74 Å². The van der Waals surface area contributed by atoms with Crippen LogP contribution in [0.5, 0.6) is 0 Å². The summed E-state index contributed by atoms with van der Waals surface area (Å²) in [6.45, 7) is 6.18. The molecule has 3 atom stereocenters. The van der Waals surface area contributed by atoms with Crippen molar-refractivity contribution in [3.05, 3.63) is 57.3 Å². The molecule has 33 heavy (non-hydrogen) atoms. The first kappa shape index (κ1) is 22.6. The van der Waals surface area contributed by atoms with Gasteiger partial charge in [0.15, 0.2) is 5.65 Å². The first-order valence-electron chi connectivity index (χ1n) is 11.1. The van der Waals surface area contributed by atoms with E-state index in [1.165, 1.54) is 33.9 Å². The van der Waals surface area contributed by atoms with Gasteiger partial charge in [-0.2, -0.15) is 5.10 Å². The summed E-state index contributed by atoms with van der Waals surface area (Å²) < 4.78 is 8.25. The van der Waals surface area contributed by atoms with Crippen LogP contribution in [0.2, 0.25) is 0 Å². The van der Waals surface area contributed by atoms with Gasteiger partial charge in [-0.25, -0.2) is 9.67 Å². The quantitative estimate of drug-likeness (QED) is 0.318. The number of para-hydroxylation sites is 2. The predicted octanol–water partition coefficient (Wildman–Crippen LogP) is 3.49. The van der Waals surface area contributed by atoms with Crippen LogP contribution in [-0.2, 0) is 16.1 Å². The molecule has 1 aromatic carbocycles. The zero-order valence-electron chi connectivity index (χ0n) is 18.9. The molecule has 0 N–H and O–H groups in total. The van der Waals surface area contributed by atoms with Gasteiger partial charge in [0.1, 0.15) is 30.0 Å². The number of aromatic nitrogens is 4. The predicted molar refractivity (Wildman–Crippen MR) is 121 cm³/mol. The van der Waals surface area contributed by atoms with Crippen LogP contribution in [0.25, 0.3) is 16.7 Å². The van der Waals surface area contributed by atoms with Crippen LogP contribution >= 0.6 is 0 Å². The molecule has 3 unspecified atom stereocenters. The minimum absolute atomic E-state index is 0.154. The first-order valence-corrected chi connectivity index (χ1v) is 11.1. The number of nitrogens with zero attached hydrogens (tertiary/aromatic N) is 5. The third-order valence-corrected chi connectivity index (χ3v) is 6.40. The van der Waals surface area contributed by atoms with Gasteiger partial charge in [0.25, 0.3) is 11.2 Å². The Hall–Kier alpha value is -3.56. The van der Waals surface area contributed by atoms with E-state index in [9.17, 15) is 19.7 Å². The van der Waals surface area contributed by atoms with Crippen LogP contribution in [0.4, 0.5) is 5.69 Å². The maximum atomic E-state index is 13.0. The lowest BCUT2D eigenvalue weighted by Gasteiger charge is -2.36. The van der Waals surface area contributed by atoms with Crippen molar-refractivity contribution >= 4 is 22.7 Å². The second kappa shape index (κ2) is 9.13. The van der Waals surface area contributed by atoms with Crippen LogP contribution < -0.4 is 5.56 Å². The van der Waals surface area contributed by atoms with Crippen molar-refractivity contribution in [3.63, 3.8) is 0 Å². The normalized spacial score (nSPS) is 20.8. The van der Waals surface area contributed by atoms with E-state index < -0.39 is 16.5 Å². The molecule has 4 rings (SSSR count). The van der Waals surface area contributed by atoms with E-state index >= 15 is 0 Å². The topological polar surface area (TPSA) is 122 Å². The Bertz CT molecular complexity index is 1250. The maximum absolute atomic E-state index is 13.0. The molecular weight excluding hydrogens is 426 g/mol. The Kier molecular flexibility index (Phi) is 6.26. The molecule has 0 aliphatic heterocycles. The molecular formula is C23H27N5O5. The summed E-state index contributed by atoms with van der Waals surface area (Å²) in [6, 6.07) is 6.09. The average Bonchev–Trinajstić information content (AvgIpc) is 3.20. The van der Waals surface area contributed by atoms with Gasteiger partial charge < -0.3 is 4.74 Å². The van der Waals surface area contributed by atoms with Crippen LogP contribution in [0.1, 0.15) is 40.0 Å². The summed E-state index contributed by atoms with van der Waals surface area (Å²) in [5.74, 6) is 0.729. The van der Waals surface area contributed by atoms with Gasteiger partial charge in [-0.3, -0.25) is 24.3 Å². The fourth-order valence-corrected chi connectivity index (χ4v) is 4.63. The third kappa shape index (κ3) is 4.50. The number of carbonyl (C=O) groups is 1. The smallest absolute Gasteiger partial charge is 0.326 e. The molecule has 2 heterocycles. The Balaban J connectivity index is 1.58. The molecule has 1 aliphatic rings. The number of nitro groups is 1. The van der Waals surface area contributed by atoms with Gasteiger partial charge >= 0.3 is 5.97 Å². The van der Waals surface area contributed by atoms with Crippen molar-refractivity contribution in [3.8, 4) is 5.69 Å². The fraction of sp³-hybridized carbons (Fsp3) is 0.478. The number of hydrogen-bond donors (Lipinski definition) is 0. The number of ether oxygens (including phenoxy) is 1. The van der Waals surface area contributed by atoms with Crippen molar-refractivity contribution in [1.29, 1.82) is 0 Å². The van der Waals surface area contributed by atoms with Crippen LogP contribution in [0.15, 0.2) is 41.6 Å². The number of esters is 1. The number of rotatable bonds is 6. The number of carbonyl (C=O) groups excluding carboxylic acids is 1. The number of fused-ring (bicyclic) bond motifs is 1. The molecule has 1 aliphatic carbocycles. The highest BCUT2D eigenvalue weighted by Gasteiger charge is 2.33. The van der Waals surface area contributed by atoms with Crippen LogP contribution in [-0.4, -0.2) is 36.3 Å². The highest BCUT2D eigenvalue weighted by Crippen LogP contribution is 2.35. The Morgan fingerprint density at radius 2 is 2.06 bits per heavy atom. The lowest BCUT2D eigenvalue weighted by molar-refractivity contribution is -0.384. The van der Waals surface area contributed by atoms with Gasteiger partial charge in [-0.1, -0.05) is 39.3 Å². The Labute approximate surface area is 190 Å². The average molecular weight is 453 g/mol. The largest absolute Gasteiger partial charge is 0.461 e. The van der Waals surface area contributed by atoms with Gasteiger partial charge in [-0.05, 0) is 36.7 Å². The summed E-state index contributed by atoms with van der Waals surface area (Å²) in [5, 5.41) is 15.7. The molecule has 10 heteroatoms. The van der Waals surface area contributed by atoms with Gasteiger partial charge in [0.2, 0.25) is 0 Å². The molecule has 1 saturated carbocycles. The lowest BCUT2D eigenvalue weighted by Crippen LogP contribution is -2.37. The molecule has 0 radical (unpaired) electrons. The van der Waals surface area contributed by atoms with Crippen molar-refractivity contribution < 1.29 is 14.5 Å². The van der Waals surface area contributed by atoms with E-state index in [0.29, 0.717) is 17.8 Å². The summed E-state index contributed by atoms with van der Waals surface area (Å²) >= 11 is 0. The van der Waals surface area contributed by atoms with Crippen LogP contribution in [0, 0.1) is 27.9 Å². The lowest BCUT2D eigenvalue weighted by atomic mass is 9.75. The summed E-state index contributed by atoms with van der Waals surface area (Å²) in [5.41, 5.74) is -0.231. The number of benzene rings is 1. The van der Waals surface area contributed by atoms with Gasteiger partial charge in [-0.15, -0.1) is 0 Å². The molecule has 2 aromatic heterocycles. The SMILES string of the molecule is CC1CCC(C(C)C)C(OC(=O)Cn2cnc3c(cnn3-c3ccccc3[N+](=O)[O-])c2=O)C1. The fourth-order valence-electron chi connectivity index (χ4n) is 4.63. The number of hydrogen-bond acceptors (Lipinski definition) is 7. The van der Waals surface area contributed by atoms with E-state index in [-0.39, 0.29) is 35.1 Å². The monoisotopic (exact) mass is 453 g/mol. The Morgan fingerprint density at radius 1 is 1.30 bits per heavy atom. The van der Waals surface area contributed by atoms with Gasteiger partial charge in [0.05, 0.1) is 11.1 Å². The Morgan fingerprint density at radius 3 is 2.79 bits per heavy atom. The highest BCUT2D eigenvalue weighted by molar-refractivity contribution is 5.77. The minimum atomic E-state index is -0.517. The zero-order chi connectivity index (χ0) is 23.7. The van der Waals surface area contributed by atoms with E-state index in [2.05, 4.69) is 30.9 Å². The molecule has 1 fully saturated rings. The molecule has 174 valence electrons. The molecule has 3 aromatic rings. The maximum Gasteiger partial charge on any atom is 0.326 e. The van der Waals surface area contributed by atoms with Gasteiger partial charge in [0, 0.05) is 6.07 Å². The number of nitro benzene ring substituents is 1. The molecule has 0 amide bonds. The summed E-state index contributed by atoms with van der Waals surface area (Å²) in [7, 11) is 0. The minimum Gasteiger partial charge on any atom is -0.461 e. The second-order valence-electron chi connectivity index (χ2n) is 9.07. The molecule has 10 nitrogen and oxygen atoms in total. The van der Waals surface area contributed by atoms with Crippen molar-refractivity contribution in [2.75, 3.05) is 0 Å². The summed E-state index contributed by atoms with van der Waals surface area (Å²) in [6.07, 6.45) is 5.37. The molecule has 0 bridgehead atoms. The van der Waals surface area contributed by atoms with E-state index in [1.807, 2.05) is 0 Å². The molecule has 0 spiro atoms. The molecule has 0 saturated heterocycles. The zero-order valence-corrected chi connectivity index (χ0v) is 18.9.